The first-order valence-electron chi connectivity index (χ1n) is 4.74. The molecule has 0 saturated carbocycles. The molecule has 1 aromatic carbocycles. The number of carbonyl (C=O) groups is 1. The van der Waals surface area contributed by atoms with Crippen LogP contribution >= 0.6 is 27.3 Å². The van der Waals surface area contributed by atoms with Crippen LogP contribution in [-0.2, 0) is 0 Å². The molecule has 2 rings (SSSR count). The molecule has 0 amide bonds. The molecule has 0 saturated heterocycles. The molecule has 0 bridgehead atoms. The first-order valence-corrected chi connectivity index (χ1v) is 6.35. The fraction of sp³-hybridized carbons (Fsp3) is 0.0833. The highest BCUT2D eigenvalue weighted by Crippen LogP contribution is 2.24. The van der Waals surface area contributed by atoms with E-state index < -0.39 is 17.4 Å². The second-order valence-electron chi connectivity index (χ2n) is 3.49. The number of benzene rings is 1. The zero-order chi connectivity index (χ0) is 12.6. The van der Waals surface area contributed by atoms with Crippen molar-refractivity contribution >= 4 is 33.0 Å². The third kappa shape index (κ3) is 2.45. The lowest BCUT2D eigenvalue weighted by Gasteiger charge is -2.02. The van der Waals surface area contributed by atoms with Gasteiger partial charge in [-0.05, 0) is 47.1 Å². The molecule has 0 unspecified atom stereocenters. The summed E-state index contributed by atoms with van der Waals surface area (Å²) in [5.41, 5.74) is -0.243. The summed E-state index contributed by atoms with van der Waals surface area (Å²) < 4.78 is 26.8. The predicted molar refractivity (Wildman–Crippen MR) is 66.5 cm³/mol. The maximum atomic E-state index is 13.6. The van der Waals surface area contributed by atoms with E-state index in [4.69, 9.17) is 0 Å². The molecule has 88 valence electrons. The van der Waals surface area contributed by atoms with Gasteiger partial charge < -0.3 is 0 Å². The van der Waals surface area contributed by atoms with Crippen LogP contribution in [0.3, 0.4) is 0 Å². The molecule has 1 heterocycles. The number of ketones is 1. The molecule has 0 aliphatic heterocycles. The Bertz CT molecular complexity index is 592. The van der Waals surface area contributed by atoms with Crippen LogP contribution in [0, 0.1) is 18.6 Å². The van der Waals surface area contributed by atoms with E-state index in [9.17, 15) is 13.6 Å². The minimum Gasteiger partial charge on any atom is -0.288 e. The van der Waals surface area contributed by atoms with E-state index in [1.54, 1.807) is 12.1 Å². The third-order valence-electron chi connectivity index (χ3n) is 2.22. The molecule has 17 heavy (non-hydrogen) atoms. The van der Waals surface area contributed by atoms with Gasteiger partial charge in [-0.25, -0.2) is 8.78 Å². The Kier molecular flexibility index (Phi) is 3.40. The third-order valence-corrected chi connectivity index (χ3v) is 3.83. The van der Waals surface area contributed by atoms with Crippen LogP contribution in [-0.4, -0.2) is 5.78 Å². The van der Waals surface area contributed by atoms with Crippen LogP contribution in [0.15, 0.2) is 28.7 Å². The van der Waals surface area contributed by atoms with Crippen molar-refractivity contribution in [2.45, 2.75) is 6.92 Å². The monoisotopic (exact) mass is 316 g/mol. The van der Waals surface area contributed by atoms with Gasteiger partial charge in [0.05, 0.1) is 14.9 Å². The van der Waals surface area contributed by atoms with Gasteiger partial charge in [0, 0.05) is 4.88 Å². The Morgan fingerprint density at radius 1 is 1.24 bits per heavy atom. The zero-order valence-corrected chi connectivity index (χ0v) is 11.2. The van der Waals surface area contributed by atoms with Crippen molar-refractivity contribution in [2.75, 3.05) is 0 Å². The predicted octanol–water partition coefficient (Wildman–Crippen LogP) is 4.33. The van der Waals surface area contributed by atoms with Gasteiger partial charge >= 0.3 is 0 Å². The summed E-state index contributed by atoms with van der Waals surface area (Å²) >= 11 is 4.13. The van der Waals surface area contributed by atoms with Gasteiger partial charge in [0.1, 0.15) is 11.6 Å². The van der Waals surface area contributed by atoms with E-state index in [1.807, 2.05) is 6.92 Å². The molecule has 0 fully saturated rings. The van der Waals surface area contributed by atoms with Crippen LogP contribution in [0.5, 0.6) is 0 Å². The number of hydrogen-bond acceptors (Lipinski definition) is 2. The van der Waals surface area contributed by atoms with Crippen LogP contribution < -0.4 is 0 Å². The highest BCUT2D eigenvalue weighted by molar-refractivity contribution is 9.10. The molecule has 5 heteroatoms. The van der Waals surface area contributed by atoms with Gasteiger partial charge in [-0.15, -0.1) is 11.3 Å². The van der Waals surface area contributed by atoms with Gasteiger partial charge in [-0.3, -0.25) is 4.79 Å². The van der Waals surface area contributed by atoms with E-state index in [1.165, 1.54) is 11.3 Å². The average molecular weight is 317 g/mol. The molecule has 0 atom stereocenters. The summed E-state index contributed by atoms with van der Waals surface area (Å²) in [6.45, 7) is 1.85. The summed E-state index contributed by atoms with van der Waals surface area (Å²) in [5.74, 6) is -1.87. The van der Waals surface area contributed by atoms with Crippen LogP contribution in [0.25, 0.3) is 0 Å². The second-order valence-corrected chi connectivity index (χ2v) is 5.63. The molecule has 0 aliphatic rings. The van der Waals surface area contributed by atoms with Crippen molar-refractivity contribution in [2.24, 2.45) is 0 Å². The highest BCUT2D eigenvalue weighted by Gasteiger charge is 2.18. The quantitative estimate of drug-likeness (QED) is 0.595. The summed E-state index contributed by atoms with van der Waals surface area (Å²) in [5, 5.41) is 0. The number of rotatable bonds is 2. The first-order chi connectivity index (χ1) is 7.99. The number of carbonyl (C=O) groups excluding carboxylic acids is 1. The van der Waals surface area contributed by atoms with E-state index in [0.29, 0.717) is 4.88 Å². The highest BCUT2D eigenvalue weighted by atomic mass is 79.9. The van der Waals surface area contributed by atoms with Gasteiger partial charge in [0.15, 0.2) is 0 Å². The van der Waals surface area contributed by atoms with Gasteiger partial charge in [-0.1, -0.05) is 0 Å². The first kappa shape index (κ1) is 12.4. The van der Waals surface area contributed by atoms with Crippen molar-refractivity contribution < 1.29 is 13.6 Å². The van der Waals surface area contributed by atoms with Gasteiger partial charge in [0.25, 0.3) is 0 Å². The van der Waals surface area contributed by atoms with E-state index >= 15 is 0 Å². The minimum absolute atomic E-state index is 0.00825. The Labute approximate surface area is 109 Å². The number of halogens is 3. The van der Waals surface area contributed by atoms with Crippen molar-refractivity contribution in [3.8, 4) is 0 Å². The van der Waals surface area contributed by atoms with Crippen molar-refractivity contribution in [3.63, 3.8) is 0 Å². The average Bonchev–Trinajstić information content (AvgIpc) is 2.69. The van der Waals surface area contributed by atoms with Gasteiger partial charge in [0.2, 0.25) is 5.78 Å². The van der Waals surface area contributed by atoms with Crippen LogP contribution in [0.4, 0.5) is 8.78 Å². The molecule has 0 spiro atoms. The Morgan fingerprint density at radius 2 is 1.94 bits per heavy atom. The van der Waals surface area contributed by atoms with Crippen molar-refractivity contribution in [1.29, 1.82) is 0 Å². The fourth-order valence-electron chi connectivity index (χ4n) is 1.39. The minimum atomic E-state index is -0.727. The van der Waals surface area contributed by atoms with Crippen LogP contribution in [0.2, 0.25) is 0 Å². The Balaban J connectivity index is 2.47. The summed E-state index contributed by atoms with van der Waals surface area (Å²) in [6, 6.07) is 5.26. The molecule has 2 aromatic rings. The van der Waals surface area contributed by atoms with E-state index in [0.717, 1.165) is 17.0 Å². The maximum absolute atomic E-state index is 13.6. The topological polar surface area (TPSA) is 17.1 Å². The summed E-state index contributed by atoms with van der Waals surface area (Å²) in [4.78, 5) is 13.3. The van der Waals surface area contributed by atoms with Gasteiger partial charge in [-0.2, -0.15) is 0 Å². The SMILES string of the molecule is Cc1ccc(C(=O)c2cc(F)c(Br)cc2F)s1. The van der Waals surface area contributed by atoms with Crippen molar-refractivity contribution in [1.82, 2.24) is 0 Å². The lowest BCUT2D eigenvalue weighted by Crippen LogP contribution is -2.03. The molecule has 0 radical (unpaired) electrons. The van der Waals surface area contributed by atoms with Crippen LogP contribution in [0.1, 0.15) is 20.1 Å². The molecule has 1 aromatic heterocycles. The summed E-state index contributed by atoms with van der Waals surface area (Å²) in [7, 11) is 0. The standard InChI is InChI=1S/C12H7BrF2OS/c1-6-2-3-11(17-6)12(16)7-4-10(15)8(13)5-9(7)14/h2-5H,1H3. The number of aryl methyl sites for hydroxylation is 1. The molecule has 1 nitrogen and oxygen atoms in total. The molecular weight excluding hydrogens is 310 g/mol. The molecular formula is C12H7BrF2OS. The number of thiophene rings is 1. The smallest absolute Gasteiger partial charge is 0.205 e. The fourth-order valence-corrected chi connectivity index (χ4v) is 2.52. The lowest BCUT2D eigenvalue weighted by molar-refractivity contribution is 0.103. The normalized spacial score (nSPS) is 10.6. The molecule has 0 N–H and O–H groups in total. The van der Waals surface area contributed by atoms with E-state index in [2.05, 4.69) is 15.9 Å². The number of hydrogen-bond donors (Lipinski definition) is 0. The lowest BCUT2D eigenvalue weighted by atomic mass is 10.1. The second kappa shape index (κ2) is 4.66. The molecule has 0 aliphatic carbocycles. The van der Waals surface area contributed by atoms with E-state index in [-0.39, 0.29) is 10.0 Å². The Morgan fingerprint density at radius 3 is 2.53 bits per heavy atom. The zero-order valence-electron chi connectivity index (χ0n) is 8.76. The van der Waals surface area contributed by atoms with Crippen molar-refractivity contribution in [3.05, 3.63) is 55.7 Å². The largest absolute Gasteiger partial charge is 0.288 e. The summed E-state index contributed by atoms with van der Waals surface area (Å²) in [6.07, 6.45) is 0. The Hall–Kier alpha value is -1.07. The maximum Gasteiger partial charge on any atom is 0.205 e.